The number of hydrogen-bond acceptors (Lipinski definition) is 3. The van der Waals surface area contributed by atoms with E-state index in [0.717, 1.165) is 32.0 Å². The fraction of sp³-hybridized carbons (Fsp3) is 0.167. The first-order valence-electron chi connectivity index (χ1n) is 8.16. The van der Waals surface area contributed by atoms with Gasteiger partial charge < -0.3 is 5.32 Å². The molecule has 2 atom stereocenters. The van der Waals surface area contributed by atoms with Crippen LogP contribution in [0.4, 0.5) is 10.2 Å². The number of nitrogens with one attached hydrogen (secondary N) is 2. The zero-order valence-electron chi connectivity index (χ0n) is 13.4. The number of anilines is 1. The van der Waals surface area contributed by atoms with Crippen molar-refractivity contribution in [1.82, 2.24) is 19.8 Å². The molecule has 1 amide bonds. The fourth-order valence-electron chi connectivity index (χ4n) is 3.15. The van der Waals surface area contributed by atoms with E-state index in [2.05, 4.69) is 36.5 Å². The highest BCUT2D eigenvalue weighted by Gasteiger charge is 2.43. The van der Waals surface area contributed by atoms with Crippen LogP contribution in [-0.2, 0) is 4.79 Å². The Kier molecular flexibility index (Phi) is 3.36. The van der Waals surface area contributed by atoms with Crippen molar-refractivity contribution in [3.63, 3.8) is 0 Å². The summed E-state index contributed by atoms with van der Waals surface area (Å²) in [4.78, 5) is 11.9. The standard InChI is InChI=1S/C18H13BrFN5O/c19-13-1-2-15-12(8-21-23-15)17(13)9-3-4-25-10(5-9)6-16(24-25)22-18(26)11-7-14(11)20/h1-6,8,11,14H,7H2,(H,21,23)(H,22,24,26)/t11-,14+/m1/s1. The first-order valence-corrected chi connectivity index (χ1v) is 8.96. The molecule has 0 bridgehead atoms. The zero-order valence-corrected chi connectivity index (χ0v) is 15.0. The van der Waals surface area contributed by atoms with Gasteiger partial charge in [-0.25, -0.2) is 8.91 Å². The van der Waals surface area contributed by atoms with Crippen molar-refractivity contribution in [1.29, 1.82) is 0 Å². The molecule has 0 radical (unpaired) electrons. The Morgan fingerprint density at radius 3 is 3.00 bits per heavy atom. The number of fused-ring (bicyclic) bond motifs is 2. The van der Waals surface area contributed by atoms with Crippen molar-refractivity contribution in [2.75, 3.05) is 5.32 Å². The van der Waals surface area contributed by atoms with Crippen LogP contribution < -0.4 is 5.32 Å². The summed E-state index contributed by atoms with van der Waals surface area (Å²) in [7, 11) is 0. The predicted octanol–water partition coefficient (Wildman–Crippen LogP) is 3.94. The molecule has 2 N–H and O–H groups in total. The van der Waals surface area contributed by atoms with Crippen LogP contribution in [0.3, 0.4) is 0 Å². The van der Waals surface area contributed by atoms with E-state index in [0.29, 0.717) is 12.2 Å². The quantitative estimate of drug-likeness (QED) is 0.534. The van der Waals surface area contributed by atoms with Crippen LogP contribution in [-0.4, -0.2) is 31.9 Å². The Hall–Kier alpha value is -2.74. The Bertz CT molecular complexity index is 1170. The minimum Gasteiger partial charge on any atom is -0.309 e. The number of alkyl halides is 1. The summed E-state index contributed by atoms with van der Waals surface area (Å²) >= 11 is 3.61. The van der Waals surface area contributed by atoms with Crippen molar-refractivity contribution in [2.24, 2.45) is 5.92 Å². The molecule has 26 heavy (non-hydrogen) atoms. The van der Waals surface area contributed by atoms with Crippen molar-refractivity contribution in [2.45, 2.75) is 12.6 Å². The van der Waals surface area contributed by atoms with Crippen molar-refractivity contribution >= 4 is 44.1 Å². The summed E-state index contributed by atoms with van der Waals surface area (Å²) in [5.41, 5.74) is 3.82. The maximum atomic E-state index is 13.0. The van der Waals surface area contributed by atoms with Gasteiger partial charge in [-0.3, -0.25) is 9.89 Å². The molecule has 8 heteroatoms. The molecule has 0 spiro atoms. The van der Waals surface area contributed by atoms with E-state index in [1.54, 1.807) is 16.8 Å². The molecule has 5 rings (SSSR count). The number of H-pyrrole nitrogens is 1. The average Bonchev–Trinajstić information content (AvgIpc) is 3.02. The Balaban J connectivity index is 1.54. The van der Waals surface area contributed by atoms with E-state index in [9.17, 15) is 9.18 Å². The minimum atomic E-state index is -1.02. The zero-order chi connectivity index (χ0) is 17.8. The van der Waals surface area contributed by atoms with E-state index in [-0.39, 0.29) is 5.91 Å². The van der Waals surface area contributed by atoms with Gasteiger partial charge in [-0.2, -0.15) is 10.2 Å². The minimum absolute atomic E-state index is 0.298. The smallest absolute Gasteiger partial charge is 0.231 e. The maximum Gasteiger partial charge on any atom is 0.231 e. The molecule has 0 aliphatic heterocycles. The first-order chi connectivity index (χ1) is 12.6. The van der Waals surface area contributed by atoms with E-state index in [1.807, 2.05) is 30.5 Å². The number of carbonyl (C=O) groups is 1. The molecule has 6 nitrogen and oxygen atoms in total. The predicted molar refractivity (Wildman–Crippen MR) is 99.6 cm³/mol. The summed E-state index contributed by atoms with van der Waals surface area (Å²) < 4.78 is 15.7. The van der Waals surface area contributed by atoms with E-state index < -0.39 is 12.1 Å². The Morgan fingerprint density at radius 2 is 2.19 bits per heavy atom. The number of pyridine rings is 1. The van der Waals surface area contributed by atoms with Gasteiger partial charge in [-0.1, -0.05) is 15.9 Å². The number of carbonyl (C=O) groups excluding carboxylic acids is 1. The van der Waals surface area contributed by atoms with Gasteiger partial charge in [-0.15, -0.1) is 0 Å². The third-order valence-corrected chi connectivity index (χ3v) is 5.29. The van der Waals surface area contributed by atoms with Crippen LogP contribution in [0.2, 0.25) is 0 Å². The van der Waals surface area contributed by atoms with Gasteiger partial charge >= 0.3 is 0 Å². The van der Waals surface area contributed by atoms with Gasteiger partial charge in [0, 0.05) is 27.7 Å². The summed E-state index contributed by atoms with van der Waals surface area (Å²) in [5.74, 6) is -0.427. The lowest BCUT2D eigenvalue weighted by molar-refractivity contribution is -0.117. The molecule has 1 aliphatic carbocycles. The molecule has 3 heterocycles. The third kappa shape index (κ3) is 2.48. The molecule has 1 saturated carbocycles. The van der Waals surface area contributed by atoms with Crippen LogP contribution in [0.25, 0.3) is 27.5 Å². The SMILES string of the molecule is O=C(Nc1cc2cc(-c3c(Br)ccc4[nH]ncc34)ccn2n1)[C@@H]1C[C@@H]1F. The van der Waals surface area contributed by atoms with E-state index >= 15 is 0 Å². The van der Waals surface area contributed by atoms with Gasteiger partial charge in [-0.05, 0) is 36.2 Å². The van der Waals surface area contributed by atoms with Crippen LogP contribution >= 0.6 is 15.9 Å². The van der Waals surface area contributed by atoms with Gasteiger partial charge in [0.05, 0.1) is 23.1 Å². The Labute approximate surface area is 155 Å². The largest absolute Gasteiger partial charge is 0.309 e. The van der Waals surface area contributed by atoms with Crippen molar-refractivity contribution < 1.29 is 9.18 Å². The highest BCUT2D eigenvalue weighted by Crippen LogP contribution is 2.36. The first kappa shape index (κ1) is 15.5. The van der Waals surface area contributed by atoms with E-state index in [1.165, 1.54) is 0 Å². The van der Waals surface area contributed by atoms with Crippen LogP contribution in [0.15, 0.2) is 47.2 Å². The average molecular weight is 414 g/mol. The highest BCUT2D eigenvalue weighted by atomic mass is 79.9. The lowest BCUT2D eigenvalue weighted by Crippen LogP contribution is -2.15. The number of amides is 1. The number of aromatic amines is 1. The van der Waals surface area contributed by atoms with Gasteiger partial charge in [0.1, 0.15) is 6.17 Å². The highest BCUT2D eigenvalue weighted by molar-refractivity contribution is 9.10. The van der Waals surface area contributed by atoms with Gasteiger partial charge in [0.2, 0.25) is 5.91 Å². The van der Waals surface area contributed by atoms with Gasteiger partial charge in [0.25, 0.3) is 0 Å². The molecule has 1 aliphatic rings. The lowest BCUT2D eigenvalue weighted by atomic mass is 10.0. The van der Waals surface area contributed by atoms with Crippen LogP contribution in [0, 0.1) is 5.92 Å². The van der Waals surface area contributed by atoms with Gasteiger partial charge in [0.15, 0.2) is 5.82 Å². The van der Waals surface area contributed by atoms with E-state index in [4.69, 9.17) is 0 Å². The maximum absolute atomic E-state index is 13.0. The number of aromatic nitrogens is 4. The van der Waals surface area contributed by atoms with Crippen molar-refractivity contribution in [3.05, 3.63) is 47.2 Å². The van der Waals surface area contributed by atoms with Crippen LogP contribution in [0.1, 0.15) is 6.42 Å². The summed E-state index contributed by atoms with van der Waals surface area (Å²) in [6, 6.07) is 9.67. The molecule has 3 aromatic heterocycles. The lowest BCUT2D eigenvalue weighted by Gasteiger charge is -2.07. The number of hydrogen-bond donors (Lipinski definition) is 2. The number of nitrogens with zero attached hydrogens (tertiary/aromatic N) is 3. The second-order valence-electron chi connectivity index (χ2n) is 6.42. The summed E-state index contributed by atoms with van der Waals surface area (Å²) in [6.07, 6.45) is 2.91. The third-order valence-electron chi connectivity index (χ3n) is 4.63. The molecule has 4 aromatic rings. The number of rotatable bonds is 3. The molecule has 0 saturated heterocycles. The summed E-state index contributed by atoms with van der Waals surface area (Å²) in [5, 5.41) is 15.1. The molecule has 0 unspecified atom stereocenters. The Morgan fingerprint density at radius 1 is 1.35 bits per heavy atom. The second kappa shape index (κ2) is 5.63. The molecule has 1 aromatic carbocycles. The molecule has 1 fully saturated rings. The normalized spacial score (nSPS) is 19.2. The fourth-order valence-corrected chi connectivity index (χ4v) is 3.72. The number of halogens is 2. The monoisotopic (exact) mass is 413 g/mol. The number of benzene rings is 1. The molecular weight excluding hydrogens is 401 g/mol. The molecular formula is C18H13BrFN5O. The topological polar surface area (TPSA) is 75.1 Å². The van der Waals surface area contributed by atoms with Crippen LogP contribution in [0.5, 0.6) is 0 Å². The summed E-state index contributed by atoms with van der Waals surface area (Å²) in [6.45, 7) is 0. The van der Waals surface area contributed by atoms with Crippen molar-refractivity contribution in [3.8, 4) is 11.1 Å². The molecule has 130 valence electrons. The second-order valence-corrected chi connectivity index (χ2v) is 7.27.